The molecule has 1 N–H and O–H groups in total. The van der Waals surface area contributed by atoms with Crippen molar-refractivity contribution in [2.24, 2.45) is 0 Å². The van der Waals surface area contributed by atoms with Crippen molar-refractivity contribution < 1.29 is 0 Å². The molecule has 14 heavy (non-hydrogen) atoms. The molecule has 2 rings (SSSR count). The van der Waals surface area contributed by atoms with E-state index in [9.17, 15) is 0 Å². The van der Waals surface area contributed by atoms with Crippen molar-refractivity contribution in [1.82, 2.24) is 14.7 Å². The van der Waals surface area contributed by atoms with Gasteiger partial charge in [0.25, 0.3) is 0 Å². The molecule has 78 valence electrons. The number of nitrogens with zero attached hydrogens (tertiary/aromatic N) is 4. The Balaban J connectivity index is 2.07. The van der Waals surface area contributed by atoms with E-state index in [1.165, 1.54) is 11.5 Å². The standard InChI is InChI=1S/C8H15N5S/c1-12(2)7-10-8(14-11-7)13-5-3-9-4-6-13/h9H,3-6H2,1-2H3. The molecular weight excluding hydrogens is 198 g/mol. The Bertz CT molecular complexity index is 292. The average Bonchev–Trinajstić information content (AvgIpc) is 2.68. The largest absolute Gasteiger partial charge is 0.346 e. The van der Waals surface area contributed by atoms with Gasteiger partial charge in [0.2, 0.25) is 11.1 Å². The third kappa shape index (κ3) is 1.96. The molecule has 0 saturated carbocycles. The van der Waals surface area contributed by atoms with Gasteiger partial charge in [0.05, 0.1) is 0 Å². The molecule has 5 nitrogen and oxygen atoms in total. The van der Waals surface area contributed by atoms with Gasteiger partial charge in [-0.1, -0.05) is 0 Å². The maximum atomic E-state index is 4.46. The molecule has 1 aliphatic heterocycles. The first-order valence-corrected chi connectivity index (χ1v) is 5.51. The fourth-order valence-corrected chi connectivity index (χ4v) is 2.16. The zero-order valence-corrected chi connectivity index (χ0v) is 9.34. The highest BCUT2D eigenvalue weighted by atomic mass is 32.1. The first-order valence-electron chi connectivity index (χ1n) is 4.74. The second-order valence-corrected chi connectivity index (χ2v) is 4.24. The van der Waals surface area contributed by atoms with Crippen LogP contribution >= 0.6 is 11.5 Å². The second kappa shape index (κ2) is 4.10. The molecule has 2 heterocycles. The van der Waals surface area contributed by atoms with Gasteiger partial charge < -0.3 is 15.1 Å². The minimum atomic E-state index is 0.809. The van der Waals surface area contributed by atoms with Crippen LogP contribution in [0.5, 0.6) is 0 Å². The fourth-order valence-electron chi connectivity index (χ4n) is 1.37. The van der Waals surface area contributed by atoms with Gasteiger partial charge in [0.15, 0.2) is 0 Å². The smallest absolute Gasteiger partial charge is 0.238 e. The van der Waals surface area contributed by atoms with Crippen molar-refractivity contribution in [2.75, 3.05) is 50.1 Å². The molecule has 1 aromatic rings. The lowest BCUT2D eigenvalue weighted by Crippen LogP contribution is -2.43. The van der Waals surface area contributed by atoms with Gasteiger partial charge in [-0.05, 0) is 0 Å². The number of aromatic nitrogens is 2. The summed E-state index contributed by atoms with van der Waals surface area (Å²) in [5, 5.41) is 4.36. The normalized spacial score (nSPS) is 17.1. The molecule has 0 aliphatic carbocycles. The summed E-state index contributed by atoms with van der Waals surface area (Å²) >= 11 is 1.48. The summed E-state index contributed by atoms with van der Waals surface area (Å²) < 4.78 is 4.29. The van der Waals surface area contributed by atoms with Gasteiger partial charge in [-0.15, -0.1) is 0 Å². The number of anilines is 2. The van der Waals surface area contributed by atoms with Gasteiger partial charge >= 0.3 is 0 Å². The van der Waals surface area contributed by atoms with Crippen LogP contribution in [-0.4, -0.2) is 49.6 Å². The zero-order chi connectivity index (χ0) is 9.97. The van der Waals surface area contributed by atoms with Crippen molar-refractivity contribution in [1.29, 1.82) is 0 Å². The van der Waals surface area contributed by atoms with Crippen molar-refractivity contribution in [2.45, 2.75) is 0 Å². The van der Waals surface area contributed by atoms with E-state index >= 15 is 0 Å². The van der Waals surface area contributed by atoms with E-state index in [1.807, 2.05) is 19.0 Å². The van der Waals surface area contributed by atoms with E-state index in [2.05, 4.69) is 19.6 Å². The van der Waals surface area contributed by atoms with Crippen LogP contribution in [0, 0.1) is 0 Å². The Kier molecular flexibility index (Phi) is 2.83. The number of piperazine rings is 1. The van der Waals surface area contributed by atoms with Crippen LogP contribution < -0.4 is 15.1 Å². The quantitative estimate of drug-likeness (QED) is 0.750. The van der Waals surface area contributed by atoms with E-state index in [0.29, 0.717) is 0 Å². The molecule has 0 aromatic carbocycles. The topological polar surface area (TPSA) is 44.3 Å². The third-order valence-electron chi connectivity index (χ3n) is 2.19. The SMILES string of the molecule is CN(C)c1nsc(N2CCNCC2)n1. The summed E-state index contributed by atoms with van der Waals surface area (Å²) in [7, 11) is 3.92. The third-order valence-corrected chi connectivity index (χ3v) is 2.96. The second-order valence-electron chi connectivity index (χ2n) is 3.51. The molecule has 1 fully saturated rings. The first-order chi connectivity index (χ1) is 6.77. The Hall–Kier alpha value is -0.880. The Morgan fingerprint density at radius 1 is 1.36 bits per heavy atom. The molecular formula is C8H15N5S. The van der Waals surface area contributed by atoms with Crippen molar-refractivity contribution in [3.8, 4) is 0 Å². The minimum absolute atomic E-state index is 0.809. The van der Waals surface area contributed by atoms with Gasteiger partial charge in [-0.3, -0.25) is 0 Å². The van der Waals surface area contributed by atoms with Crippen LogP contribution in [-0.2, 0) is 0 Å². The van der Waals surface area contributed by atoms with Crippen molar-refractivity contribution in [3.05, 3.63) is 0 Å². The summed E-state index contributed by atoms with van der Waals surface area (Å²) in [5.41, 5.74) is 0. The lowest BCUT2D eigenvalue weighted by Gasteiger charge is -2.26. The summed E-state index contributed by atoms with van der Waals surface area (Å²) in [4.78, 5) is 8.68. The van der Waals surface area contributed by atoms with Gasteiger partial charge in [0.1, 0.15) is 0 Å². The van der Waals surface area contributed by atoms with E-state index in [4.69, 9.17) is 0 Å². The molecule has 0 bridgehead atoms. The Morgan fingerprint density at radius 3 is 2.64 bits per heavy atom. The minimum Gasteiger partial charge on any atom is -0.346 e. The monoisotopic (exact) mass is 213 g/mol. The lowest BCUT2D eigenvalue weighted by atomic mass is 10.4. The maximum Gasteiger partial charge on any atom is 0.238 e. The van der Waals surface area contributed by atoms with Gasteiger partial charge in [-0.25, -0.2) is 0 Å². The first kappa shape index (κ1) is 9.67. The lowest BCUT2D eigenvalue weighted by molar-refractivity contribution is 0.588. The van der Waals surface area contributed by atoms with E-state index in [1.54, 1.807) is 0 Å². The summed E-state index contributed by atoms with van der Waals surface area (Å²) in [6.45, 7) is 4.14. The van der Waals surface area contributed by atoms with E-state index < -0.39 is 0 Å². The number of hydrogen-bond donors (Lipinski definition) is 1. The van der Waals surface area contributed by atoms with Crippen LogP contribution in [0.1, 0.15) is 0 Å². The van der Waals surface area contributed by atoms with Crippen molar-refractivity contribution in [3.63, 3.8) is 0 Å². The molecule has 0 radical (unpaired) electrons. The molecule has 1 saturated heterocycles. The molecule has 0 atom stereocenters. The Labute approximate surface area is 87.9 Å². The molecule has 0 amide bonds. The predicted octanol–water partition coefficient (Wildman–Crippen LogP) is 0.0137. The predicted molar refractivity (Wildman–Crippen MR) is 59.3 cm³/mol. The highest BCUT2D eigenvalue weighted by Gasteiger charge is 2.15. The molecule has 0 unspecified atom stereocenters. The van der Waals surface area contributed by atoms with Crippen molar-refractivity contribution >= 4 is 22.6 Å². The van der Waals surface area contributed by atoms with Crippen LogP contribution in [0.2, 0.25) is 0 Å². The summed E-state index contributed by atoms with van der Waals surface area (Å²) in [5.74, 6) is 0.809. The van der Waals surface area contributed by atoms with Crippen LogP contribution in [0.4, 0.5) is 11.1 Å². The van der Waals surface area contributed by atoms with Gasteiger partial charge in [-0.2, -0.15) is 9.36 Å². The number of hydrogen-bond acceptors (Lipinski definition) is 6. The van der Waals surface area contributed by atoms with E-state index in [0.717, 1.165) is 37.3 Å². The Morgan fingerprint density at radius 2 is 2.07 bits per heavy atom. The molecule has 1 aliphatic rings. The van der Waals surface area contributed by atoms with E-state index in [-0.39, 0.29) is 0 Å². The summed E-state index contributed by atoms with van der Waals surface area (Å²) in [6.07, 6.45) is 0. The molecule has 1 aromatic heterocycles. The molecule has 6 heteroatoms. The van der Waals surface area contributed by atoms with Crippen LogP contribution in [0.3, 0.4) is 0 Å². The highest BCUT2D eigenvalue weighted by molar-refractivity contribution is 7.09. The average molecular weight is 213 g/mol. The zero-order valence-electron chi connectivity index (χ0n) is 8.53. The number of nitrogens with one attached hydrogen (secondary N) is 1. The van der Waals surface area contributed by atoms with Gasteiger partial charge in [0, 0.05) is 51.8 Å². The highest BCUT2D eigenvalue weighted by Crippen LogP contribution is 2.20. The van der Waals surface area contributed by atoms with Crippen LogP contribution in [0.15, 0.2) is 0 Å². The maximum absolute atomic E-state index is 4.46. The molecule has 0 spiro atoms. The summed E-state index contributed by atoms with van der Waals surface area (Å²) in [6, 6.07) is 0. The number of rotatable bonds is 2. The fraction of sp³-hybridized carbons (Fsp3) is 0.750. The van der Waals surface area contributed by atoms with Crippen LogP contribution in [0.25, 0.3) is 0 Å².